The number of hydrogen-bond acceptors (Lipinski definition) is 4. The maximum absolute atomic E-state index is 13.7. The van der Waals surface area contributed by atoms with E-state index in [4.69, 9.17) is 0 Å². The van der Waals surface area contributed by atoms with Crippen molar-refractivity contribution < 1.29 is 13.2 Å². The molecular formula is C18H15F3N4O2. The molecule has 1 N–H and O–H groups in total. The van der Waals surface area contributed by atoms with Crippen molar-refractivity contribution in [2.75, 3.05) is 13.1 Å². The van der Waals surface area contributed by atoms with Crippen LogP contribution in [0.1, 0.15) is 18.9 Å². The predicted molar refractivity (Wildman–Crippen MR) is 92.6 cm³/mol. The van der Waals surface area contributed by atoms with Crippen molar-refractivity contribution in [1.82, 2.24) is 19.4 Å². The van der Waals surface area contributed by atoms with E-state index in [2.05, 4.69) is 10.3 Å². The molecule has 3 heterocycles. The molecule has 0 bridgehead atoms. The Morgan fingerprint density at radius 3 is 2.48 bits per heavy atom. The Bertz CT molecular complexity index is 1150. The number of hydrogen-bond donors (Lipinski definition) is 1. The van der Waals surface area contributed by atoms with E-state index in [1.807, 2.05) is 0 Å². The Kier molecular flexibility index (Phi) is 4.31. The maximum atomic E-state index is 13.7. The molecular weight excluding hydrogens is 361 g/mol. The minimum atomic E-state index is -1.14. The van der Waals surface area contributed by atoms with Gasteiger partial charge in [-0.3, -0.25) is 9.36 Å². The number of nitrogens with one attached hydrogen (secondary N) is 1. The molecule has 1 aromatic carbocycles. The molecule has 0 amide bonds. The van der Waals surface area contributed by atoms with Gasteiger partial charge >= 0.3 is 5.69 Å². The number of fused-ring (bicyclic) bond motifs is 1. The van der Waals surface area contributed by atoms with Gasteiger partial charge in [-0.1, -0.05) is 0 Å². The van der Waals surface area contributed by atoms with Gasteiger partial charge in [-0.25, -0.2) is 27.5 Å². The molecule has 27 heavy (non-hydrogen) atoms. The smallest absolute Gasteiger partial charge is 0.317 e. The third-order valence-corrected chi connectivity index (χ3v) is 4.73. The summed E-state index contributed by atoms with van der Waals surface area (Å²) in [4.78, 5) is 29.9. The summed E-state index contributed by atoms with van der Waals surface area (Å²) in [7, 11) is 0. The molecule has 0 unspecified atom stereocenters. The van der Waals surface area contributed by atoms with Crippen LogP contribution < -0.4 is 16.6 Å². The van der Waals surface area contributed by atoms with E-state index in [0.29, 0.717) is 25.9 Å². The average molecular weight is 376 g/mol. The number of pyridine rings is 1. The van der Waals surface area contributed by atoms with Crippen LogP contribution in [-0.4, -0.2) is 27.2 Å². The van der Waals surface area contributed by atoms with Gasteiger partial charge in [-0.2, -0.15) is 0 Å². The van der Waals surface area contributed by atoms with Gasteiger partial charge in [-0.05, 0) is 44.1 Å². The first-order chi connectivity index (χ1) is 13.0. The zero-order chi connectivity index (χ0) is 19.1. The molecule has 3 aromatic rings. The van der Waals surface area contributed by atoms with Gasteiger partial charge in [0.15, 0.2) is 17.3 Å². The van der Waals surface area contributed by atoms with Crippen LogP contribution in [0.5, 0.6) is 0 Å². The maximum Gasteiger partial charge on any atom is 0.337 e. The number of aromatic nitrogens is 3. The highest BCUT2D eigenvalue weighted by atomic mass is 19.2. The number of halogens is 3. The monoisotopic (exact) mass is 376 g/mol. The summed E-state index contributed by atoms with van der Waals surface area (Å²) in [6, 6.07) is 3.56. The van der Waals surface area contributed by atoms with Crippen LogP contribution >= 0.6 is 0 Å². The van der Waals surface area contributed by atoms with E-state index in [1.54, 1.807) is 0 Å². The Hall–Kier alpha value is -2.94. The molecule has 6 nitrogen and oxygen atoms in total. The molecule has 2 aromatic heterocycles. The SMILES string of the molecule is O=c1c2cc(F)cnc2n(-c2ccc(F)c(F)c2)c(=O)n1C1CCNCC1. The third-order valence-electron chi connectivity index (χ3n) is 4.73. The fraction of sp³-hybridized carbons (Fsp3) is 0.278. The molecule has 0 radical (unpaired) electrons. The van der Waals surface area contributed by atoms with Gasteiger partial charge in [0.05, 0.1) is 17.3 Å². The normalized spacial score (nSPS) is 15.4. The summed E-state index contributed by atoms with van der Waals surface area (Å²) >= 11 is 0. The topological polar surface area (TPSA) is 68.9 Å². The Balaban J connectivity index is 2.09. The zero-order valence-electron chi connectivity index (χ0n) is 14.1. The highest BCUT2D eigenvalue weighted by Gasteiger charge is 2.24. The van der Waals surface area contributed by atoms with E-state index < -0.39 is 28.7 Å². The molecule has 1 fully saturated rings. The van der Waals surface area contributed by atoms with Crippen molar-refractivity contribution in [2.24, 2.45) is 0 Å². The van der Waals surface area contributed by atoms with Gasteiger partial charge in [0, 0.05) is 12.1 Å². The van der Waals surface area contributed by atoms with Crippen molar-refractivity contribution in [2.45, 2.75) is 18.9 Å². The van der Waals surface area contributed by atoms with Crippen molar-refractivity contribution in [3.05, 3.63) is 68.8 Å². The summed E-state index contributed by atoms with van der Waals surface area (Å²) < 4.78 is 42.9. The van der Waals surface area contributed by atoms with Gasteiger partial charge in [0.25, 0.3) is 5.56 Å². The van der Waals surface area contributed by atoms with Crippen LogP contribution in [0.15, 0.2) is 40.1 Å². The summed E-state index contributed by atoms with van der Waals surface area (Å²) in [6.45, 7) is 1.25. The number of rotatable bonds is 2. The van der Waals surface area contributed by atoms with Crippen LogP contribution in [-0.2, 0) is 0 Å². The fourth-order valence-corrected chi connectivity index (χ4v) is 3.43. The minimum Gasteiger partial charge on any atom is -0.317 e. The lowest BCUT2D eigenvalue weighted by Crippen LogP contribution is -2.45. The van der Waals surface area contributed by atoms with Crippen molar-refractivity contribution in [3.63, 3.8) is 0 Å². The molecule has 140 valence electrons. The summed E-state index contributed by atoms with van der Waals surface area (Å²) in [5, 5.41) is 3.04. The summed E-state index contributed by atoms with van der Waals surface area (Å²) in [5.74, 6) is -2.94. The number of nitrogens with zero attached hydrogens (tertiary/aromatic N) is 3. The van der Waals surface area contributed by atoms with Crippen LogP contribution in [0.3, 0.4) is 0 Å². The first-order valence-corrected chi connectivity index (χ1v) is 8.46. The number of piperidine rings is 1. The van der Waals surface area contributed by atoms with E-state index in [9.17, 15) is 22.8 Å². The molecule has 0 atom stereocenters. The zero-order valence-corrected chi connectivity index (χ0v) is 14.1. The van der Waals surface area contributed by atoms with Crippen LogP contribution in [0, 0.1) is 17.5 Å². The molecule has 0 saturated carbocycles. The first kappa shape index (κ1) is 17.5. The van der Waals surface area contributed by atoms with Crippen LogP contribution in [0.4, 0.5) is 13.2 Å². The third kappa shape index (κ3) is 2.93. The Labute approximate surface area is 150 Å². The molecule has 1 aliphatic rings. The quantitative estimate of drug-likeness (QED) is 0.742. The molecule has 1 aliphatic heterocycles. The molecule has 0 aliphatic carbocycles. The lowest BCUT2D eigenvalue weighted by molar-refractivity contribution is 0.349. The second kappa shape index (κ2) is 6.66. The minimum absolute atomic E-state index is 0.00527. The van der Waals surface area contributed by atoms with Gasteiger partial charge < -0.3 is 5.32 Å². The fourth-order valence-electron chi connectivity index (χ4n) is 3.43. The number of benzene rings is 1. The summed E-state index contributed by atoms with van der Waals surface area (Å²) in [5.41, 5.74) is -1.47. The summed E-state index contributed by atoms with van der Waals surface area (Å²) in [6.07, 6.45) is 1.95. The average Bonchev–Trinajstić information content (AvgIpc) is 2.66. The predicted octanol–water partition coefficient (Wildman–Crippen LogP) is 1.89. The second-order valence-corrected chi connectivity index (χ2v) is 6.40. The van der Waals surface area contributed by atoms with Gasteiger partial charge in [0.2, 0.25) is 0 Å². The van der Waals surface area contributed by atoms with Gasteiger partial charge in [-0.15, -0.1) is 0 Å². The molecule has 9 heteroatoms. The van der Waals surface area contributed by atoms with Crippen molar-refractivity contribution in [3.8, 4) is 5.69 Å². The molecule has 0 spiro atoms. The van der Waals surface area contributed by atoms with Crippen molar-refractivity contribution in [1.29, 1.82) is 0 Å². The molecule has 4 rings (SSSR count). The van der Waals surface area contributed by atoms with E-state index in [-0.39, 0.29) is 22.8 Å². The van der Waals surface area contributed by atoms with E-state index in [1.165, 1.54) is 6.07 Å². The standard InChI is InChI=1S/C18H15F3N4O2/c19-10-7-13-16(23-9-10)24(12-1-2-14(20)15(21)8-12)18(27)25(17(13)26)11-3-5-22-6-4-11/h1-2,7-9,11,22H,3-6H2. The van der Waals surface area contributed by atoms with E-state index in [0.717, 1.165) is 33.5 Å². The molecule has 1 saturated heterocycles. The lowest BCUT2D eigenvalue weighted by atomic mass is 10.1. The Morgan fingerprint density at radius 1 is 1.04 bits per heavy atom. The largest absolute Gasteiger partial charge is 0.337 e. The Morgan fingerprint density at radius 2 is 1.78 bits per heavy atom. The van der Waals surface area contributed by atoms with Crippen LogP contribution in [0.25, 0.3) is 16.7 Å². The lowest BCUT2D eigenvalue weighted by Gasteiger charge is -2.25. The first-order valence-electron chi connectivity index (χ1n) is 8.46. The highest BCUT2D eigenvalue weighted by molar-refractivity contribution is 5.75. The highest BCUT2D eigenvalue weighted by Crippen LogP contribution is 2.19. The van der Waals surface area contributed by atoms with Gasteiger partial charge in [0.1, 0.15) is 5.82 Å². The van der Waals surface area contributed by atoms with E-state index >= 15 is 0 Å². The van der Waals surface area contributed by atoms with Crippen molar-refractivity contribution >= 4 is 11.0 Å². The second-order valence-electron chi connectivity index (χ2n) is 6.40. The van der Waals surface area contributed by atoms with Crippen LogP contribution in [0.2, 0.25) is 0 Å².